The molecule has 8 nitrogen and oxygen atoms in total. The van der Waals surface area contributed by atoms with Crippen LogP contribution in [-0.2, 0) is 9.59 Å². The molecule has 0 radical (unpaired) electrons. The lowest BCUT2D eigenvalue weighted by Crippen LogP contribution is -2.32. The molecule has 0 saturated heterocycles. The van der Waals surface area contributed by atoms with Crippen LogP contribution >= 0.6 is 0 Å². The van der Waals surface area contributed by atoms with Gasteiger partial charge in [-0.2, -0.15) is 5.10 Å². The third kappa shape index (κ3) is 4.54. The Morgan fingerprint density at radius 1 is 1.12 bits per heavy atom. The van der Waals surface area contributed by atoms with Crippen molar-refractivity contribution >= 4 is 23.7 Å². The number of amides is 2. The Bertz CT molecular complexity index is 747. The highest BCUT2D eigenvalue weighted by Crippen LogP contribution is 2.28. The molecule has 24 heavy (non-hydrogen) atoms. The summed E-state index contributed by atoms with van der Waals surface area (Å²) in [6.07, 6.45) is 2.92. The van der Waals surface area contributed by atoms with Crippen molar-refractivity contribution in [3.63, 3.8) is 0 Å². The van der Waals surface area contributed by atoms with E-state index in [-0.39, 0.29) is 0 Å². The van der Waals surface area contributed by atoms with Crippen molar-refractivity contribution in [1.29, 1.82) is 0 Å². The number of pyridine rings is 1. The minimum atomic E-state index is -0.924. The van der Waals surface area contributed by atoms with Crippen molar-refractivity contribution < 1.29 is 19.1 Å². The van der Waals surface area contributed by atoms with E-state index in [0.717, 1.165) is 0 Å². The van der Waals surface area contributed by atoms with E-state index < -0.39 is 11.8 Å². The molecule has 0 atom stereocenters. The Labute approximate surface area is 138 Å². The van der Waals surface area contributed by atoms with E-state index in [2.05, 4.69) is 20.8 Å². The zero-order valence-electron chi connectivity index (χ0n) is 13.1. The molecule has 1 aromatic carbocycles. The highest BCUT2D eigenvalue weighted by atomic mass is 16.5. The van der Waals surface area contributed by atoms with Gasteiger partial charge >= 0.3 is 11.8 Å². The fraction of sp³-hybridized carbons (Fsp3) is 0.125. The molecule has 0 unspecified atom stereocenters. The van der Waals surface area contributed by atoms with Crippen molar-refractivity contribution in [2.24, 2.45) is 5.10 Å². The first-order valence-corrected chi connectivity index (χ1v) is 6.91. The number of benzene rings is 1. The number of hydrogen-bond acceptors (Lipinski definition) is 6. The maximum atomic E-state index is 11.9. The normalized spacial score (nSPS) is 10.2. The molecule has 0 aliphatic rings. The first-order chi connectivity index (χ1) is 11.6. The lowest BCUT2D eigenvalue weighted by Gasteiger charge is -2.11. The molecule has 2 amide bonds. The van der Waals surface area contributed by atoms with Gasteiger partial charge in [-0.1, -0.05) is 6.07 Å². The number of methoxy groups -OCH3 is 2. The molecule has 0 fully saturated rings. The molecule has 0 aliphatic carbocycles. The smallest absolute Gasteiger partial charge is 0.329 e. The maximum absolute atomic E-state index is 11.9. The highest BCUT2D eigenvalue weighted by molar-refractivity contribution is 6.39. The van der Waals surface area contributed by atoms with Crippen LogP contribution in [0.25, 0.3) is 0 Å². The number of nitrogens with zero attached hydrogens (tertiary/aromatic N) is 2. The lowest BCUT2D eigenvalue weighted by molar-refractivity contribution is -0.136. The summed E-state index contributed by atoms with van der Waals surface area (Å²) in [4.78, 5) is 27.7. The van der Waals surface area contributed by atoms with Gasteiger partial charge in [0.15, 0.2) is 0 Å². The van der Waals surface area contributed by atoms with Crippen LogP contribution in [-0.4, -0.2) is 37.2 Å². The van der Waals surface area contributed by atoms with E-state index in [1.807, 2.05) is 0 Å². The Balaban J connectivity index is 1.99. The van der Waals surface area contributed by atoms with E-state index in [0.29, 0.717) is 22.9 Å². The number of carbonyl (C=O) groups excluding carboxylic acids is 2. The average molecular weight is 328 g/mol. The van der Waals surface area contributed by atoms with Crippen LogP contribution in [0.1, 0.15) is 5.69 Å². The SMILES string of the molecule is COc1ccc(OC)c(NC(=O)C(=O)N/N=C\c2ccccn2)c1. The van der Waals surface area contributed by atoms with Crippen LogP contribution in [0.3, 0.4) is 0 Å². The van der Waals surface area contributed by atoms with Crippen LogP contribution < -0.4 is 20.2 Å². The zero-order chi connectivity index (χ0) is 17.4. The van der Waals surface area contributed by atoms with Crippen molar-refractivity contribution in [2.45, 2.75) is 0 Å². The summed E-state index contributed by atoms with van der Waals surface area (Å²) in [6.45, 7) is 0. The Morgan fingerprint density at radius 2 is 1.96 bits per heavy atom. The van der Waals surface area contributed by atoms with Crippen molar-refractivity contribution in [1.82, 2.24) is 10.4 Å². The van der Waals surface area contributed by atoms with E-state index >= 15 is 0 Å². The standard InChI is InChI=1S/C16H16N4O4/c1-23-12-6-7-14(24-2)13(9-12)19-15(21)16(22)20-18-10-11-5-3-4-8-17-11/h3-10H,1-2H3,(H,19,21)(H,20,22)/b18-10-. The molecule has 2 rings (SSSR count). The fourth-order valence-electron chi connectivity index (χ4n) is 1.75. The topological polar surface area (TPSA) is 102 Å². The van der Waals surface area contributed by atoms with Gasteiger partial charge in [-0.05, 0) is 24.3 Å². The predicted octanol–water partition coefficient (Wildman–Crippen LogP) is 1.19. The molecule has 0 aliphatic heterocycles. The van der Waals surface area contributed by atoms with Gasteiger partial charge in [-0.15, -0.1) is 0 Å². The molecule has 0 spiro atoms. The molecular formula is C16H16N4O4. The number of rotatable bonds is 5. The summed E-state index contributed by atoms with van der Waals surface area (Å²) >= 11 is 0. The predicted molar refractivity (Wildman–Crippen MR) is 88.1 cm³/mol. The number of anilines is 1. The number of hydrazone groups is 1. The van der Waals surface area contributed by atoms with E-state index in [1.54, 1.807) is 42.6 Å². The van der Waals surface area contributed by atoms with Gasteiger partial charge in [0.2, 0.25) is 0 Å². The Kier molecular flexibility index (Phi) is 5.84. The number of hydrogen-bond donors (Lipinski definition) is 2. The number of aromatic nitrogens is 1. The Morgan fingerprint density at radius 3 is 2.62 bits per heavy atom. The molecule has 2 aromatic rings. The minimum absolute atomic E-state index is 0.311. The molecule has 0 bridgehead atoms. The molecule has 1 heterocycles. The van der Waals surface area contributed by atoms with E-state index in [1.165, 1.54) is 20.4 Å². The van der Waals surface area contributed by atoms with Crippen molar-refractivity contribution in [3.8, 4) is 11.5 Å². The lowest BCUT2D eigenvalue weighted by atomic mass is 10.2. The van der Waals surface area contributed by atoms with Crippen LogP contribution in [0.4, 0.5) is 5.69 Å². The minimum Gasteiger partial charge on any atom is -0.497 e. The first kappa shape index (κ1) is 16.9. The Hall–Kier alpha value is -3.42. The van der Waals surface area contributed by atoms with Crippen molar-refractivity contribution in [2.75, 3.05) is 19.5 Å². The summed E-state index contributed by atoms with van der Waals surface area (Å²) in [6, 6.07) is 10.1. The van der Waals surface area contributed by atoms with Gasteiger partial charge in [0, 0.05) is 12.3 Å². The highest BCUT2D eigenvalue weighted by Gasteiger charge is 2.16. The van der Waals surface area contributed by atoms with Crippen molar-refractivity contribution in [3.05, 3.63) is 48.3 Å². The second-order valence-electron chi connectivity index (χ2n) is 4.47. The van der Waals surface area contributed by atoms with Gasteiger partial charge in [0.25, 0.3) is 0 Å². The van der Waals surface area contributed by atoms with Gasteiger partial charge in [0.05, 0.1) is 31.8 Å². The van der Waals surface area contributed by atoms with Crippen LogP contribution in [0.5, 0.6) is 11.5 Å². The van der Waals surface area contributed by atoms with Gasteiger partial charge < -0.3 is 14.8 Å². The summed E-state index contributed by atoms with van der Waals surface area (Å²) in [7, 11) is 2.95. The number of nitrogens with one attached hydrogen (secondary N) is 2. The fourth-order valence-corrected chi connectivity index (χ4v) is 1.75. The first-order valence-electron chi connectivity index (χ1n) is 6.91. The number of ether oxygens (including phenoxy) is 2. The zero-order valence-corrected chi connectivity index (χ0v) is 13.1. The second-order valence-corrected chi connectivity index (χ2v) is 4.47. The largest absolute Gasteiger partial charge is 0.497 e. The van der Waals surface area contributed by atoms with Crippen LogP contribution in [0, 0.1) is 0 Å². The summed E-state index contributed by atoms with van der Waals surface area (Å²) in [5.74, 6) is -0.902. The molecule has 2 N–H and O–H groups in total. The molecule has 0 saturated carbocycles. The molecular weight excluding hydrogens is 312 g/mol. The van der Waals surface area contributed by atoms with E-state index in [9.17, 15) is 9.59 Å². The van der Waals surface area contributed by atoms with E-state index in [4.69, 9.17) is 9.47 Å². The third-order valence-corrected chi connectivity index (χ3v) is 2.91. The number of carbonyl (C=O) groups is 2. The summed E-state index contributed by atoms with van der Waals surface area (Å²) in [5.41, 5.74) is 2.98. The van der Waals surface area contributed by atoms with Crippen LogP contribution in [0.2, 0.25) is 0 Å². The maximum Gasteiger partial charge on any atom is 0.329 e. The molecule has 124 valence electrons. The monoisotopic (exact) mass is 328 g/mol. The van der Waals surface area contributed by atoms with Crippen LogP contribution in [0.15, 0.2) is 47.7 Å². The molecule has 8 heteroatoms. The summed E-state index contributed by atoms with van der Waals surface area (Å²) in [5, 5.41) is 6.12. The van der Waals surface area contributed by atoms with Gasteiger partial charge in [-0.25, -0.2) is 5.43 Å². The van der Waals surface area contributed by atoms with Gasteiger partial charge in [-0.3, -0.25) is 14.6 Å². The second kappa shape index (κ2) is 8.28. The van der Waals surface area contributed by atoms with Gasteiger partial charge in [0.1, 0.15) is 11.5 Å². The average Bonchev–Trinajstić information content (AvgIpc) is 2.62. The quantitative estimate of drug-likeness (QED) is 0.488. The third-order valence-electron chi connectivity index (χ3n) is 2.91. The molecule has 1 aromatic heterocycles. The summed E-state index contributed by atoms with van der Waals surface area (Å²) < 4.78 is 10.2.